The van der Waals surface area contributed by atoms with E-state index in [1.807, 2.05) is 0 Å². The van der Waals surface area contributed by atoms with Crippen molar-refractivity contribution >= 4 is 5.78 Å². The molecule has 1 N–H and O–H groups in total. The summed E-state index contributed by atoms with van der Waals surface area (Å²) < 4.78 is 20.0. The van der Waals surface area contributed by atoms with Crippen LogP contribution in [-0.4, -0.2) is 78.2 Å². The minimum absolute atomic E-state index is 0.188. The van der Waals surface area contributed by atoms with Crippen molar-refractivity contribution in [3.8, 4) is 0 Å². The van der Waals surface area contributed by atoms with Crippen molar-refractivity contribution in [3.63, 3.8) is 0 Å². The highest BCUT2D eigenvalue weighted by Gasteiger charge is 2.78. The van der Waals surface area contributed by atoms with Crippen molar-refractivity contribution in [1.29, 1.82) is 0 Å². The fourth-order valence-corrected chi connectivity index (χ4v) is 10.4. The second-order valence-electron chi connectivity index (χ2n) is 13.4. The Kier molecular flexibility index (Phi) is 6.53. The van der Waals surface area contributed by atoms with Gasteiger partial charge in [-0.25, -0.2) is 0 Å². The molecule has 0 aromatic carbocycles. The lowest BCUT2D eigenvalue weighted by molar-refractivity contribution is -0.273. The molecule has 36 heavy (non-hydrogen) atoms. The largest absolute Gasteiger partial charge is 0.390 e. The third-order valence-corrected chi connectivity index (χ3v) is 11.9. The smallest absolute Gasteiger partial charge is 0.162 e. The lowest BCUT2D eigenvalue weighted by atomic mass is 9.42. The van der Waals surface area contributed by atoms with Crippen LogP contribution >= 0.6 is 0 Å². The summed E-state index contributed by atoms with van der Waals surface area (Å²) in [5, 5.41) is 11.0. The Morgan fingerprint density at radius 3 is 2.78 bits per heavy atom. The van der Waals surface area contributed by atoms with Gasteiger partial charge in [0.05, 0.1) is 23.9 Å². The van der Waals surface area contributed by atoms with Crippen molar-refractivity contribution in [2.45, 2.75) is 132 Å². The molecule has 6 heteroatoms. The molecule has 0 amide bonds. The molecule has 3 heterocycles. The van der Waals surface area contributed by atoms with E-state index in [4.69, 9.17) is 14.2 Å². The van der Waals surface area contributed by atoms with E-state index in [0.717, 1.165) is 77.2 Å². The van der Waals surface area contributed by atoms with Crippen LogP contribution in [0.4, 0.5) is 0 Å². The Hall–Kier alpha value is -0.530. The molecule has 7 fully saturated rings. The number of hydrogen-bond acceptors (Lipinski definition) is 6. The zero-order chi connectivity index (χ0) is 24.3. The van der Waals surface area contributed by atoms with Gasteiger partial charge in [0, 0.05) is 43.6 Å². The van der Waals surface area contributed by atoms with Crippen molar-refractivity contribution in [1.82, 2.24) is 4.90 Å². The maximum absolute atomic E-state index is 13.4. The minimum Gasteiger partial charge on any atom is -0.390 e. The molecule has 7 aliphatic rings. The highest BCUT2D eigenvalue weighted by molar-refractivity contribution is 5.86. The van der Waals surface area contributed by atoms with Crippen LogP contribution in [0.5, 0.6) is 0 Å². The number of piperidine rings is 1. The summed E-state index contributed by atoms with van der Waals surface area (Å²) in [7, 11) is 0. The molecular formula is C30H47NO5. The topological polar surface area (TPSA) is 68.2 Å². The fraction of sp³-hybridized carbons (Fsp3) is 0.967. The van der Waals surface area contributed by atoms with Gasteiger partial charge in [-0.05, 0) is 76.2 Å². The molecule has 6 unspecified atom stereocenters. The minimum atomic E-state index is -0.440. The molecule has 2 bridgehead atoms. The number of carbonyl (C=O) groups is 1. The van der Waals surface area contributed by atoms with E-state index in [0.29, 0.717) is 24.5 Å². The Balaban J connectivity index is 1.20. The number of aliphatic hydroxyl groups excluding tert-OH is 1. The van der Waals surface area contributed by atoms with Crippen LogP contribution in [0.25, 0.3) is 0 Å². The molecule has 7 rings (SSSR count). The molecule has 6 nitrogen and oxygen atoms in total. The van der Waals surface area contributed by atoms with Crippen molar-refractivity contribution < 1.29 is 24.1 Å². The van der Waals surface area contributed by atoms with Gasteiger partial charge in [0.15, 0.2) is 5.78 Å². The fourth-order valence-electron chi connectivity index (χ4n) is 10.4. The van der Waals surface area contributed by atoms with Crippen LogP contribution < -0.4 is 0 Å². The predicted molar refractivity (Wildman–Crippen MR) is 136 cm³/mol. The van der Waals surface area contributed by atoms with Gasteiger partial charge < -0.3 is 19.3 Å². The van der Waals surface area contributed by atoms with Crippen molar-refractivity contribution in [3.05, 3.63) is 0 Å². The summed E-state index contributed by atoms with van der Waals surface area (Å²) in [6.45, 7) is 3.69. The Bertz CT molecular complexity index is 824. The summed E-state index contributed by atoms with van der Waals surface area (Å²) in [6.07, 6.45) is 16.3. The summed E-state index contributed by atoms with van der Waals surface area (Å²) in [5.74, 6) is 1.92. The van der Waals surface area contributed by atoms with Gasteiger partial charge in [-0.1, -0.05) is 32.1 Å². The van der Waals surface area contributed by atoms with Crippen LogP contribution in [0.3, 0.4) is 0 Å². The zero-order valence-electron chi connectivity index (χ0n) is 22.1. The summed E-state index contributed by atoms with van der Waals surface area (Å²) in [6, 6.07) is 0.333. The Labute approximate surface area is 216 Å². The highest BCUT2D eigenvalue weighted by atomic mass is 16.5. The maximum Gasteiger partial charge on any atom is 0.162 e. The van der Waals surface area contributed by atoms with Gasteiger partial charge >= 0.3 is 0 Å². The summed E-state index contributed by atoms with van der Waals surface area (Å²) in [5.41, 5.74) is -0.595. The van der Waals surface area contributed by atoms with Crippen molar-refractivity contribution in [2.75, 3.05) is 26.3 Å². The first-order valence-electron chi connectivity index (χ1n) is 15.5. The summed E-state index contributed by atoms with van der Waals surface area (Å²) in [4.78, 5) is 16.2. The molecule has 202 valence electrons. The van der Waals surface area contributed by atoms with Crippen LogP contribution in [0.1, 0.15) is 96.3 Å². The monoisotopic (exact) mass is 501 g/mol. The van der Waals surface area contributed by atoms with E-state index in [2.05, 4.69) is 4.90 Å². The Morgan fingerprint density at radius 2 is 1.94 bits per heavy atom. The molecule has 9 atom stereocenters. The van der Waals surface area contributed by atoms with Crippen LogP contribution in [0.2, 0.25) is 0 Å². The molecular weight excluding hydrogens is 454 g/mol. The number of carbonyl (C=O) groups excluding carboxylic acids is 1. The first-order chi connectivity index (χ1) is 17.6. The molecule has 0 aromatic heterocycles. The predicted octanol–water partition coefficient (Wildman–Crippen LogP) is 4.26. The molecule has 3 saturated heterocycles. The molecule has 4 aliphatic carbocycles. The van der Waals surface area contributed by atoms with Gasteiger partial charge in [-0.2, -0.15) is 0 Å². The van der Waals surface area contributed by atoms with E-state index in [-0.39, 0.29) is 34.9 Å². The number of hydrogen-bond donors (Lipinski definition) is 1. The van der Waals surface area contributed by atoms with E-state index in [1.54, 1.807) is 0 Å². The average Bonchev–Trinajstić information content (AvgIpc) is 3.53. The highest BCUT2D eigenvalue weighted by Crippen LogP contribution is 2.70. The lowest BCUT2D eigenvalue weighted by Gasteiger charge is -2.69. The first kappa shape index (κ1) is 24.5. The van der Waals surface area contributed by atoms with E-state index in [1.165, 1.54) is 44.9 Å². The summed E-state index contributed by atoms with van der Waals surface area (Å²) >= 11 is 0. The standard InChI is InChI=1S/C30H47NO5/c32-23-11-10-21-18-25-30(35-17-4-8-20-6-2-1-3-7-20)13-12-24(33)28-29(30,26(21)27(23)36-28)14-15-31(25)19-22-9-5-16-34-22/h20-23,25-28,32H,1-19H2/t21?,22?,23?,25?,26?,27?,28-,29-,30+/m0/s1. The van der Waals surface area contributed by atoms with Crippen LogP contribution in [0.15, 0.2) is 0 Å². The van der Waals surface area contributed by atoms with E-state index in [9.17, 15) is 9.90 Å². The zero-order valence-corrected chi connectivity index (χ0v) is 22.1. The van der Waals surface area contributed by atoms with E-state index >= 15 is 0 Å². The quantitative estimate of drug-likeness (QED) is 0.526. The Morgan fingerprint density at radius 1 is 1.06 bits per heavy atom. The molecule has 1 spiro atoms. The molecule has 0 aromatic rings. The van der Waals surface area contributed by atoms with Crippen LogP contribution in [-0.2, 0) is 19.0 Å². The number of likely N-dealkylation sites (tertiary alicyclic amines) is 1. The number of aliphatic hydroxyl groups is 1. The first-order valence-corrected chi connectivity index (χ1v) is 15.5. The second kappa shape index (κ2) is 9.59. The van der Waals surface area contributed by atoms with Gasteiger partial charge in [0.1, 0.15) is 6.10 Å². The normalized spacial score (nSPS) is 48.8. The number of ketones is 1. The van der Waals surface area contributed by atoms with E-state index < -0.39 is 6.10 Å². The third-order valence-electron chi connectivity index (χ3n) is 11.9. The molecule has 3 aliphatic heterocycles. The molecule has 0 radical (unpaired) electrons. The van der Waals surface area contributed by atoms with Gasteiger partial charge in [-0.15, -0.1) is 0 Å². The van der Waals surface area contributed by atoms with Gasteiger partial charge in [-0.3, -0.25) is 9.69 Å². The van der Waals surface area contributed by atoms with Gasteiger partial charge in [0.25, 0.3) is 0 Å². The number of ether oxygens (including phenoxy) is 3. The number of Topliss-reactive ketones (excluding diaryl/α,β-unsaturated/α-hetero) is 1. The maximum atomic E-state index is 13.4. The van der Waals surface area contributed by atoms with Crippen molar-refractivity contribution in [2.24, 2.45) is 23.2 Å². The SMILES string of the molecule is O=C1CC[C@@]2(OCCCC3CCCCC3)C3CC4CCC(O)C5O[C@@H]1[C@]2(CCN3CC1CCCO1)C45. The average molecular weight is 502 g/mol. The number of nitrogens with zero attached hydrogens (tertiary/aromatic N) is 1. The van der Waals surface area contributed by atoms with Crippen LogP contribution in [0, 0.1) is 23.2 Å². The molecule has 4 saturated carbocycles. The second-order valence-corrected chi connectivity index (χ2v) is 13.4. The third kappa shape index (κ3) is 3.64. The number of rotatable bonds is 7. The van der Waals surface area contributed by atoms with Gasteiger partial charge in [0.2, 0.25) is 0 Å². The lowest BCUT2D eigenvalue weighted by Crippen LogP contribution is -2.78.